The van der Waals surface area contributed by atoms with Crippen molar-refractivity contribution in [2.45, 2.75) is 13.0 Å². The lowest BCUT2D eigenvalue weighted by Gasteiger charge is -1.96. The molecule has 1 unspecified atom stereocenters. The molecule has 1 atom stereocenters. The van der Waals surface area contributed by atoms with Gasteiger partial charge in [0.2, 0.25) is 0 Å². The van der Waals surface area contributed by atoms with E-state index in [0.29, 0.717) is 11.5 Å². The second-order valence-corrected chi connectivity index (χ2v) is 4.35. The van der Waals surface area contributed by atoms with E-state index in [0.717, 1.165) is 11.3 Å². The molecule has 0 fully saturated rings. The van der Waals surface area contributed by atoms with E-state index in [4.69, 9.17) is 0 Å². The van der Waals surface area contributed by atoms with E-state index in [1.807, 2.05) is 30.3 Å². The highest BCUT2D eigenvalue weighted by Gasteiger charge is 2.26. The summed E-state index contributed by atoms with van der Waals surface area (Å²) in [6, 6.07) is 10.9. The van der Waals surface area contributed by atoms with Crippen LogP contribution in [0.2, 0.25) is 0 Å². The minimum Gasteiger partial charge on any atom is -0.276 e. The summed E-state index contributed by atoms with van der Waals surface area (Å²) in [6.45, 7) is 1.72. The number of aromatic nitrogens is 2. The van der Waals surface area contributed by atoms with Gasteiger partial charge in [0.05, 0.1) is 11.4 Å². The van der Waals surface area contributed by atoms with Gasteiger partial charge in [0.15, 0.2) is 11.9 Å². The Morgan fingerprint density at radius 3 is 2.75 bits per heavy atom. The molecule has 100 valence electrons. The number of carbonyl (C=O) groups is 1. The lowest BCUT2D eigenvalue weighted by atomic mass is 10.2. The first kappa shape index (κ1) is 12.2. The van der Waals surface area contributed by atoms with E-state index >= 15 is 0 Å². The monoisotopic (exact) mass is 268 g/mol. The average Bonchev–Trinajstić information content (AvgIpc) is 3.06. The first-order valence-electron chi connectivity index (χ1n) is 6.10. The fourth-order valence-electron chi connectivity index (χ4n) is 1.84. The fraction of sp³-hybridized carbons (Fsp3) is 0.154. The van der Waals surface area contributed by atoms with Crippen LogP contribution in [0.25, 0.3) is 11.3 Å². The van der Waals surface area contributed by atoms with Crippen LogP contribution in [-0.4, -0.2) is 27.9 Å². The summed E-state index contributed by atoms with van der Waals surface area (Å²) in [7, 11) is 0. The molecule has 0 spiro atoms. The van der Waals surface area contributed by atoms with Crippen LogP contribution in [0.3, 0.4) is 0 Å². The normalized spacial score (nSPS) is 18.4. The van der Waals surface area contributed by atoms with E-state index in [1.165, 1.54) is 0 Å². The summed E-state index contributed by atoms with van der Waals surface area (Å²) in [5.41, 5.74) is 4.81. The van der Waals surface area contributed by atoms with Crippen LogP contribution < -0.4 is 5.43 Å². The standard InChI is InChI=1S/C13H12N6O/c1-8-12(13(20)19-14-8)18-17-11-7-10(15-16-11)9-5-3-2-4-6-9/h2-7,12H,1H3,(H,15,16)(H,19,20). The summed E-state index contributed by atoms with van der Waals surface area (Å²) in [5, 5.41) is 18.7. The van der Waals surface area contributed by atoms with E-state index < -0.39 is 6.04 Å². The molecule has 3 rings (SSSR count). The van der Waals surface area contributed by atoms with Crippen molar-refractivity contribution in [3.63, 3.8) is 0 Å². The number of hydrazone groups is 1. The molecule has 1 aromatic carbocycles. The van der Waals surface area contributed by atoms with Crippen LogP contribution >= 0.6 is 0 Å². The maximum atomic E-state index is 11.4. The van der Waals surface area contributed by atoms with Gasteiger partial charge in [0.25, 0.3) is 5.91 Å². The molecule has 0 radical (unpaired) electrons. The van der Waals surface area contributed by atoms with Crippen molar-refractivity contribution in [2.75, 3.05) is 0 Å². The van der Waals surface area contributed by atoms with Gasteiger partial charge in [0.1, 0.15) is 0 Å². The zero-order valence-corrected chi connectivity index (χ0v) is 10.7. The lowest BCUT2D eigenvalue weighted by Crippen LogP contribution is -2.25. The van der Waals surface area contributed by atoms with Crippen molar-refractivity contribution >= 4 is 17.4 Å². The SMILES string of the molecule is CC1=NNC(=O)C1N=Nc1cc(-c2ccccc2)[nH]n1. The second kappa shape index (κ2) is 5.04. The number of benzene rings is 1. The van der Waals surface area contributed by atoms with E-state index in [2.05, 4.69) is 31.0 Å². The van der Waals surface area contributed by atoms with Gasteiger partial charge in [-0.1, -0.05) is 30.3 Å². The quantitative estimate of drug-likeness (QED) is 0.833. The van der Waals surface area contributed by atoms with Crippen LogP contribution in [-0.2, 0) is 4.79 Å². The second-order valence-electron chi connectivity index (χ2n) is 4.35. The Bertz CT molecular complexity index is 688. The largest absolute Gasteiger partial charge is 0.276 e. The number of rotatable bonds is 3. The van der Waals surface area contributed by atoms with Gasteiger partial charge >= 0.3 is 0 Å². The van der Waals surface area contributed by atoms with Crippen molar-refractivity contribution in [1.29, 1.82) is 0 Å². The molecule has 2 aromatic rings. The van der Waals surface area contributed by atoms with Crippen molar-refractivity contribution in [1.82, 2.24) is 15.6 Å². The molecule has 20 heavy (non-hydrogen) atoms. The Labute approximate surface area is 114 Å². The summed E-state index contributed by atoms with van der Waals surface area (Å²) in [6.07, 6.45) is 0. The highest BCUT2D eigenvalue weighted by atomic mass is 16.2. The summed E-state index contributed by atoms with van der Waals surface area (Å²) < 4.78 is 0. The molecule has 2 heterocycles. The number of hydrogen-bond donors (Lipinski definition) is 2. The number of H-pyrrole nitrogens is 1. The summed E-state index contributed by atoms with van der Waals surface area (Å²) in [4.78, 5) is 11.4. The zero-order chi connectivity index (χ0) is 13.9. The van der Waals surface area contributed by atoms with E-state index in [1.54, 1.807) is 13.0 Å². The number of hydrogen-bond acceptors (Lipinski definition) is 5. The predicted octanol–water partition coefficient (Wildman–Crippen LogP) is 2.03. The van der Waals surface area contributed by atoms with Gasteiger partial charge in [-0.2, -0.15) is 15.3 Å². The minimum atomic E-state index is -0.660. The fourth-order valence-corrected chi connectivity index (χ4v) is 1.84. The third kappa shape index (κ3) is 2.33. The van der Waals surface area contributed by atoms with Crippen LogP contribution in [0.5, 0.6) is 0 Å². The molecule has 7 heteroatoms. The van der Waals surface area contributed by atoms with E-state index in [9.17, 15) is 4.79 Å². The summed E-state index contributed by atoms with van der Waals surface area (Å²) in [5.74, 6) is 0.154. The number of aromatic amines is 1. The van der Waals surface area contributed by atoms with Gasteiger partial charge in [-0.05, 0) is 12.5 Å². The molecule has 0 aliphatic carbocycles. The highest BCUT2D eigenvalue weighted by Crippen LogP contribution is 2.21. The van der Waals surface area contributed by atoms with Gasteiger partial charge in [0, 0.05) is 6.07 Å². The topological polar surface area (TPSA) is 94.9 Å². The van der Waals surface area contributed by atoms with Gasteiger partial charge in [-0.25, -0.2) is 5.43 Å². The number of azo groups is 1. The van der Waals surface area contributed by atoms with Crippen LogP contribution in [0, 0.1) is 0 Å². The lowest BCUT2D eigenvalue weighted by molar-refractivity contribution is -0.120. The van der Waals surface area contributed by atoms with Crippen LogP contribution in [0.4, 0.5) is 5.82 Å². The predicted molar refractivity (Wildman–Crippen MR) is 73.6 cm³/mol. The third-order valence-electron chi connectivity index (χ3n) is 2.91. The van der Waals surface area contributed by atoms with Gasteiger partial charge in [-0.15, -0.1) is 5.11 Å². The first-order chi connectivity index (χ1) is 9.74. The molecule has 1 amide bonds. The average molecular weight is 268 g/mol. The maximum absolute atomic E-state index is 11.4. The minimum absolute atomic E-state index is 0.273. The molecule has 1 aliphatic heterocycles. The number of nitrogens with one attached hydrogen (secondary N) is 2. The molecular formula is C13H12N6O. The molecule has 2 N–H and O–H groups in total. The molecule has 0 bridgehead atoms. The highest BCUT2D eigenvalue weighted by molar-refractivity contribution is 6.10. The number of nitrogens with zero attached hydrogens (tertiary/aromatic N) is 4. The molecule has 0 saturated heterocycles. The Kier molecular flexibility index (Phi) is 3.08. The zero-order valence-electron chi connectivity index (χ0n) is 10.7. The molecule has 1 aliphatic rings. The Morgan fingerprint density at radius 2 is 2.05 bits per heavy atom. The van der Waals surface area contributed by atoms with Crippen LogP contribution in [0.15, 0.2) is 51.7 Å². The molecule has 7 nitrogen and oxygen atoms in total. The van der Waals surface area contributed by atoms with Gasteiger partial charge in [-0.3, -0.25) is 9.89 Å². The molecular weight excluding hydrogens is 256 g/mol. The van der Waals surface area contributed by atoms with Crippen molar-refractivity contribution in [3.05, 3.63) is 36.4 Å². The van der Waals surface area contributed by atoms with Crippen LogP contribution in [0.1, 0.15) is 6.92 Å². The van der Waals surface area contributed by atoms with Gasteiger partial charge < -0.3 is 0 Å². The van der Waals surface area contributed by atoms with Crippen molar-refractivity contribution in [2.24, 2.45) is 15.3 Å². The Balaban J connectivity index is 1.78. The Morgan fingerprint density at radius 1 is 1.25 bits per heavy atom. The van der Waals surface area contributed by atoms with Crippen molar-refractivity contribution < 1.29 is 4.79 Å². The third-order valence-corrected chi connectivity index (χ3v) is 2.91. The first-order valence-corrected chi connectivity index (χ1v) is 6.10. The number of amides is 1. The van der Waals surface area contributed by atoms with E-state index in [-0.39, 0.29) is 5.91 Å². The smallest absolute Gasteiger partial charge is 0.272 e. The summed E-state index contributed by atoms with van der Waals surface area (Å²) >= 11 is 0. The molecule has 1 aromatic heterocycles. The van der Waals surface area contributed by atoms with Crippen molar-refractivity contribution in [3.8, 4) is 11.3 Å². The maximum Gasteiger partial charge on any atom is 0.272 e. The molecule has 0 saturated carbocycles. The Hall–Kier alpha value is -2.83. The number of carbonyl (C=O) groups excluding carboxylic acids is 1.